The minimum absolute atomic E-state index is 0.0803. The van der Waals surface area contributed by atoms with E-state index < -0.39 is 0 Å². The van der Waals surface area contributed by atoms with Gasteiger partial charge in [-0.2, -0.15) is 0 Å². The van der Waals surface area contributed by atoms with Crippen molar-refractivity contribution in [2.75, 3.05) is 5.32 Å². The Bertz CT molecular complexity index is 624. The molecule has 5 heteroatoms. The second kappa shape index (κ2) is 7.36. The SMILES string of the molecule is CC(C)[C@@H](NC(=O)c1ccc(NC=O)cc1)c1ccncc1. The van der Waals surface area contributed by atoms with Crippen LogP contribution in [0.2, 0.25) is 0 Å². The summed E-state index contributed by atoms with van der Waals surface area (Å²) in [6.45, 7) is 4.12. The topological polar surface area (TPSA) is 71.1 Å². The van der Waals surface area contributed by atoms with E-state index >= 15 is 0 Å². The molecule has 0 bridgehead atoms. The zero-order chi connectivity index (χ0) is 15.9. The van der Waals surface area contributed by atoms with E-state index in [0.717, 1.165) is 5.56 Å². The Hall–Kier alpha value is -2.69. The van der Waals surface area contributed by atoms with Crippen molar-refractivity contribution in [3.05, 3.63) is 59.9 Å². The molecule has 0 spiro atoms. The van der Waals surface area contributed by atoms with Crippen LogP contribution in [0, 0.1) is 5.92 Å². The summed E-state index contributed by atoms with van der Waals surface area (Å²) in [4.78, 5) is 26.8. The molecule has 0 saturated heterocycles. The molecular formula is C17H19N3O2. The molecule has 0 radical (unpaired) electrons. The Labute approximate surface area is 129 Å². The number of anilines is 1. The highest BCUT2D eigenvalue weighted by atomic mass is 16.1. The second-order valence-corrected chi connectivity index (χ2v) is 5.32. The van der Waals surface area contributed by atoms with Gasteiger partial charge >= 0.3 is 0 Å². The van der Waals surface area contributed by atoms with E-state index in [2.05, 4.69) is 29.5 Å². The van der Waals surface area contributed by atoms with Gasteiger partial charge < -0.3 is 10.6 Å². The fourth-order valence-electron chi connectivity index (χ4n) is 2.22. The van der Waals surface area contributed by atoms with Crippen LogP contribution in [0.15, 0.2) is 48.8 Å². The number of benzene rings is 1. The summed E-state index contributed by atoms with van der Waals surface area (Å²) >= 11 is 0. The zero-order valence-electron chi connectivity index (χ0n) is 12.6. The summed E-state index contributed by atoms with van der Waals surface area (Å²) in [6.07, 6.45) is 4.04. The first-order chi connectivity index (χ1) is 10.6. The number of hydrogen-bond donors (Lipinski definition) is 2. The fraction of sp³-hybridized carbons (Fsp3) is 0.235. The lowest BCUT2D eigenvalue weighted by Gasteiger charge is -2.22. The molecule has 22 heavy (non-hydrogen) atoms. The van der Waals surface area contributed by atoms with Gasteiger partial charge in [-0.05, 0) is 47.9 Å². The minimum Gasteiger partial charge on any atom is -0.345 e. The van der Waals surface area contributed by atoms with Crippen molar-refractivity contribution in [1.82, 2.24) is 10.3 Å². The summed E-state index contributed by atoms with van der Waals surface area (Å²) < 4.78 is 0. The molecule has 2 amide bonds. The van der Waals surface area contributed by atoms with Gasteiger partial charge in [0.05, 0.1) is 6.04 Å². The number of aromatic nitrogens is 1. The second-order valence-electron chi connectivity index (χ2n) is 5.32. The van der Waals surface area contributed by atoms with Crippen LogP contribution in [0.4, 0.5) is 5.69 Å². The molecule has 1 atom stereocenters. The number of hydrogen-bond acceptors (Lipinski definition) is 3. The van der Waals surface area contributed by atoms with Crippen LogP contribution in [0.3, 0.4) is 0 Å². The molecule has 2 N–H and O–H groups in total. The molecule has 1 aromatic heterocycles. The van der Waals surface area contributed by atoms with E-state index in [9.17, 15) is 9.59 Å². The van der Waals surface area contributed by atoms with Crippen molar-refractivity contribution in [2.45, 2.75) is 19.9 Å². The predicted octanol–water partition coefficient (Wildman–Crippen LogP) is 2.78. The maximum Gasteiger partial charge on any atom is 0.251 e. The third kappa shape index (κ3) is 3.91. The Balaban J connectivity index is 2.13. The quantitative estimate of drug-likeness (QED) is 0.805. The molecule has 0 aliphatic carbocycles. The average Bonchev–Trinajstić information content (AvgIpc) is 2.54. The molecule has 2 aromatic rings. The van der Waals surface area contributed by atoms with Crippen LogP contribution in [-0.2, 0) is 4.79 Å². The molecule has 5 nitrogen and oxygen atoms in total. The molecule has 0 unspecified atom stereocenters. The Kier molecular flexibility index (Phi) is 5.25. The van der Waals surface area contributed by atoms with Gasteiger partial charge in [0.15, 0.2) is 0 Å². The third-order valence-electron chi connectivity index (χ3n) is 3.39. The summed E-state index contributed by atoms with van der Waals surface area (Å²) in [5.74, 6) is 0.107. The summed E-state index contributed by atoms with van der Waals surface area (Å²) in [6, 6.07) is 10.5. The molecule has 0 saturated carbocycles. The maximum atomic E-state index is 12.4. The van der Waals surface area contributed by atoms with E-state index in [1.807, 2.05) is 12.1 Å². The Morgan fingerprint density at radius 1 is 1.09 bits per heavy atom. The van der Waals surface area contributed by atoms with Gasteiger partial charge in [0.2, 0.25) is 6.41 Å². The monoisotopic (exact) mass is 297 g/mol. The lowest BCUT2D eigenvalue weighted by atomic mass is 9.96. The van der Waals surface area contributed by atoms with Gasteiger partial charge in [-0.1, -0.05) is 13.8 Å². The van der Waals surface area contributed by atoms with Crippen molar-refractivity contribution >= 4 is 18.0 Å². The molecule has 0 aliphatic heterocycles. The highest BCUT2D eigenvalue weighted by molar-refractivity contribution is 5.95. The number of nitrogens with zero attached hydrogens (tertiary/aromatic N) is 1. The summed E-state index contributed by atoms with van der Waals surface area (Å²) in [5, 5.41) is 5.58. The number of pyridine rings is 1. The van der Waals surface area contributed by atoms with Crippen molar-refractivity contribution in [1.29, 1.82) is 0 Å². The minimum atomic E-state index is -0.145. The smallest absolute Gasteiger partial charge is 0.251 e. The normalized spacial score (nSPS) is 11.8. The van der Waals surface area contributed by atoms with Gasteiger partial charge in [-0.3, -0.25) is 14.6 Å². The summed E-state index contributed by atoms with van der Waals surface area (Å²) in [5.41, 5.74) is 2.23. The first-order valence-corrected chi connectivity index (χ1v) is 7.13. The molecule has 0 fully saturated rings. The lowest BCUT2D eigenvalue weighted by Crippen LogP contribution is -2.31. The number of carbonyl (C=O) groups excluding carboxylic acids is 2. The van der Waals surface area contributed by atoms with Crippen LogP contribution in [0.5, 0.6) is 0 Å². The number of rotatable bonds is 6. The molecule has 1 heterocycles. The van der Waals surface area contributed by atoms with Crippen LogP contribution in [0.25, 0.3) is 0 Å². The highest BCUT2D eigenvalue weighted by Crippen LogP contribution is 2.21. The van der Waals surface area contributed by atoms with E-state index in [1.54, 1.807) is 36.7 Å². The van der Waals surface area contributed by atoms with E-state index in [1.165, 1.54) is 0 Å². The van der Waals surface area contributed by atoms with Gasteiger partial charge in [0.1, 0.15) is 0 Å². The van der Waals surface area contributed by atoms with Crippen LogP contribution in [0.1, 0.15) is 35.8 Å². The van der Waals surface area contributed by atoms with Gasteiger partial charge in [-0.15, -0.1) is 0 Å². The predicted molar refractivity (Wildman–Crippen MR) is 85.4 cm³/mol. The first kappa shape index (κ1) is 15.7. The third-order valence-corrected chi connectivity index (χ3v) is 3.39. The van der Waals surface area contributed by atoms with Crippen LogP contribution < -0.4 is 10.6 Å². The van der Waals surface area contributed by atoms with Crippen molar-refractivity contribution < 1.29 is 9.59 Å². The largest absolute Gasteiger partial charge is 0.345 e. The Morgan fingerprint density at radius 3 is 2.27 bits per heavy atom. The van der Waals surface area contributed by atoms with Crippen LogP contribution in [-0.4, -0.2) is 17.3 Å². The van der Waals surface area contributed by atoms with Crippen molar-refractivity contribution in [3.63, 3.8) is 0 Å². The number of amides is 2. The van der Waals surface area contributed by atoms with E-state index in [-0.39, 0.29) is 17.9 Å². The molecule has 114 valence electrons. The van der Waals surface area contributed by atoms with Gasteiger partial charge in [0.25, 0.3) is 5.91 Å². The van der Waals surface area contributed by atoms with Gasteiger partial charge in [-0.25, -0.2) is 0 Å². The maximum absolute atomic E-state index is 12.4. The number of carbonyl (C=O) groups is 2. The van der Waals surface area contributed by atoms with Crippen LogP contribution >= 0.6 is 0 Å². The summed E-state index contributed by atoms with van der Waals surface area (Å²) in [7, 11) is 0. The lowest BCUT2D eigenvalue weighted by molar-refractivity contribution is -0.105. The molecule has 2 rings (SSSR count). The van der Waals surface area contributed by atoms with E-state index in [4.69, 9.17) is 0 Å². The highest BCUT2D eigenvalue weighted by Gasteiger charge is 2.18. The van der Waals surface area contributed by atoms with E-state index in [0.29, 0.717) is 17.7 Å². The van der Waals surface area contributed by atoms with Gasteiger partial charge in [0, 0.05) is 23.6 Å². The van der Waals surface area contributed by atoms with Crippen molar-refractivity contribution in [3.8, 4) is 0 Å². The fourth-order valence-corrected chi connectivity index (χ4v) is 2.22. The number of nitrogens with one attached hydrogen (secondary N) is 2. The Morgan fingerprint density at radius 2 is 1.73 bits per heavy atom. The average molecular weight is 297 g/mol. The molecular weight excluding hydrogens is 278 g/mol. The first-order valence-electron chi connectivity index (χ1n) is 7.13. The van der Waals surface area contributed by atoms with Crippen molar-refractivity contribution in [2.24, 2.45) is 5.92 Å². The standard InChI is InChI=1S/C17H19N3O2/c1-12(2)16(13-7-9-18-10-8-13)20-17(22)14-3-5-15(6-4-14)19-11-21/h3-12,16H,1-2H3,(H,19,21)(H,20,22)/t16-/m1/s1. The zero-order valence-corrected chi connectivity index (χ0v) is 12.6. The molecule has 0 aliphatic rings. The molecule has 1 aromatic carbocycles.